The van der Waals surface area contributed by atoms with E-state index in [1.54, 1.807) is 11.1 Å². The Morgan fingerprint density at radius 1 is 1.03 bits per heavy atom. The van der Waals surface area contributed by atoms with E-state index in [-0.39, 0.29) is 41.8 Å². The number of carbonyl (C=O) groups is 2. The Morgan fingerprint density at radius 2 is 1.73 bits per heavy atom. The number of hydrogen-bond donors (Lipinski definition) is 0. The summed E-state index contributed by atoms with van der Waals surface area (Å²) in [6, 6.07) is 18.1. The van der Waals surface area contributed by atoms with Crippen LogP contribution in [0.1, 0.15) is 69.2 Å². The van der Waals surface area contributed by atoms with Crippen molar-refractivity contribution >= 4 is 11.9 Å². The molecule has 1 heterocycles. The number of allylic oxidation sites excluding steroid dienone is 1. The van der Waals surface area contributed by atoms with Crippen LogP contribution >= 0.6 is 0 Å². The minimum atomic E-state index is -0.361. The maximum absolute atomic E-state index is 13.5. The number of benzene rings is 2. The molecule has 2 aromatic carbocycles. The topological polar surface area (TPSA) is 46.6 Å². The first-order valence-electron chi connectivity index (χ1n) is 12.1. The molecule has 0 saturated heterocycles. The first-order chi connectivity index (χ1) is 15.8. The van der Waals surface area contributed by atoms with E-state index in [1.807, 2.05) is 37.3 Å². The molecule has 174 valence electrons. The second-order valence-electron chi connectivity index (χ2n) is 10.3. The summed E-state index contributed by atoms with van der Waals surface area (Å²) in [5, 5.41) is 0. The quantitative estimate of drug-likeness (QED) is 0.523. The van der Waals surface area contributed by atoms with E-state index < -0.39 is 0 Å². The monoisotopic (exact) mass is 445 g/mol. The van der Waals surface area contributed by atoms with E-state index in [2.05, 4.69) is 45.0 Å². The highest BCUT2D eigenvalue weighted by atomic mass is 16.6. The molecule has 4 heteroatoms. The molecule has 0 radical (unpaired) electrons. The Hall–Kier alpha value is -2.88. The minimum Gasteiger partial charge on any atom is -0.446 e. The number of carbonyl (C=O) groups excluding carboxylic acids is 2. The molecule has 1 aliphatic carbocycles. The lowest BCUT2D eigenvalue weighted by Gasteiger charge is -2.44. The van der Waals surface area contributed by atoms with Crippen molar-refractivity contribution in [3.63, 3.8) is 0 Å². The molecule has 1 fully saturated rings. The Morgan fingerprint density at radius 3 is 2.45 bits per heavy atom. The van der Waals surface area contributed by atoms with Crippen molar-refractivity contribution in [1.29, 1.82) is 0 Å². The normalized spacial score (nSPS) is 25.7. The van der Waals surface area contributed by atoms with Crippen LogP contribution in [0.5, 0.6) is 0 Å². The van der Waals surface area contributed by atoms with Gasteiger partial charge in [0.1, 0.15) is 6.10 Å². The van der Waals surface area contributed by atoms with Crippen molar-refractivity contribution in [2.24, 2.45) is 11.8 Å². The lowest BCUT2D eigenvalue weighted by atomic mass is 9.64. The second kappa shape index (κ2) is 9.54. The molecule has 33 heavy (non-hydrogen) atoms. The van der Waals surface area contributed by atoms with Crippen LogP contribution in [0.2, 0.25) is 0 Å². The van der Waals surface area contributed by atoms with Crippen LogP contribution in [0.4, 0.5) is 4.79 Å². The van der Waals surface area contributed by atoms with Gasteiger partial charge in [-0.1, -0.05) is 81.8 Å². The van der Waals surface area contributed by atoms with Crippen molar-refractivity contribution in [1.82, 2.24) is 4.90 Å². The van der Waals surface area contributed by atoms with Crippen LogP contribution in [-0.2, 0) is 14.9 Å². The lowest BCUT2D eigenvalue weighted by Crippen LogP contribution is -2.46. The van der Waals surface area contributed by atoms with Gasteiger partial charge in [-0.25, -0.2) is 4.79 Å². The van der Waals surface area contributed by atoms with Gasteiger partial charge in [-0.15, -0.1) is 0 Å². The number of rotatable bonds is 4. The molecule has 1 saturated carbocycles. The van der Waals surface area contributed by atoms with Gasteiger partial charge in [-0.2, -0.15) is 0 Å². The number of ether oxygens (including phenoxy) is 1. The molecule has 0 aromatic heterocycles. The molecule has 2 aliphatic rings. The molecular weight excluding hydrogens is 410 g/mol. The Kier molecular flexibility index (Phi) is 6.73. The largest absolute Gasteiger partial charge is 0.446 e. The van der Waals surface area contributed by atoms with Gasteiger partial charge in [0, 0.05) is 18.5 Å². The molecular formula is C29H35NO3. The van der Waals surface area contributed by atoms with Gasteiger partial charge in [0.25, 0.3) is 0 Å². The van der Waals surface area contributed by atoms with E-state index in [9.17, 15) is 9.59 Å². The fraction of sp³-hybridized carbons (Fsp3) is 0.448. The number of ketones is 1. The van der Waals surface area contributed by atoms with E-state index >= 15 is 0 Å². The van der Waals surface area contributed by atoms with E-state index in [4.69, 9.17) is 4.74 Å². The molecule has 0 spiro atoms. The summed E-state index contributed by atoms with van der Waals surface area (Å²) >= 11 is 0. The molecule has 1 amide bonds. The summed E-state index contributed by atoms with van der Waals surface area (Å²) in [6.45, 7) is 8.78. The Labute approximate surface area is 197 Å². The highest BCUT2D eigenvalue weighted by molar-refractivity contribution is 5.92. The summed E-state index contributed by atoms with van der Waals surface area (Å²) in [4.78, 5) is 27.4. The number of aryl methyl sites for hydroxylation is 1. The van der Waals surface area contributed by atoms with Crippen molar-refractivity contribution < 1.29 is 14.3 Å². The minimum absolute atomic E-state index is 0.0293. The third-order valence-electron chi connectivity index (χ3n) is 7.66. The van der Waals surface area contributed by atoms with Crippen LogP contribution in [0.15, 0.2) is 66.9 Å². The second-order valence-corrected chi connectivity index (χ2v) is 10.3. The fourth-order valence-electron chi connectivity index (χ4n) is 5.59. The maximum atomic E-state index is 13.5. The number of nitrogens with zero attached hydrogens (tertiary/aromatic N) is 1. The summed E-state index contributed by atoms with van der Waals surface area (Å²) in [7, 11) is 0. The predicted octanol–water partition coefficient (Wildman–Crippen LogP) is 6.74. The summed E-state index contributed by atoms with van der Waals surface area (Å²) in [6.07, 6.45) is 5.86. The van der Waals surface area contributed by atoms with Gasteiger partial charge in [0.05, 0.1) is 6.04 Å². The molecule has 4 rings (SSSR count). The standard InChI is InChI=1S/C29H35NO3/c1-20-14-15-25(29(3,4)22-11-6-5-7-12-22)27(18-20)33-28(32)30-17-16-23(31)19-26(30)24-13-9-8-10-21(24)2/h5-13,16-17,20,25-27H,14-15,18-19H2,1-4H3/t20-,25-,26-,27-/m1/s1. The van der Waals surface area contributed by atoms with Crippen molar-refractivity contribution in [2.45, 2.75) is 70.9 Å². The summed E-state index contributed by atoms with van der Waals surface area (Å²) in [5.74, 6) is 0.769. The summed E-state index contributed by atoms with van der Waals surface area (Å²) in [5.41, 5.74) is 3.21. The van der Waals surface area contributed by atoms with Gasteiger partial charge in [-0.3, -0.25) is 9.69 Å². The first kappa shape index (κ1) is 23.3. The average molecular weight is 446 g/mol. The molecule has 1 aliphatic heterocycles. The lowest BCUT2D eigenvalue weighted by molar-refractivity contribution is -0.116. The summed E-state index contributed by atoms with van der Waals surface area (Å²) < 4.78 is 6.27. The smallest absolute Gasteiger partial charge is 0.414 e. The molecule has 0 unspecified atom stereocenters. The molecule has 2 aromatic rings. The van der Waals surface area contributed by atoms with Crippen molar-refractivity contribution in [3.05, 3.63) is 83.6 Å². The maximum Gasteiger partial charge on any atom is 0.414 e. The van der Waals surface area contributed by atoms with Crippen LogP contribution in [0.25, 0.3) is 0 Å². The molecule has 4 atom stereocenters. The van der Waals surface area contributed by atoms with Gasteiger partial charge < -0.3 is 4.74 Å². The molecule has 0 bridgehead atoms. The zero-order valence-electron chi connectivity index (χ0n) is 20.2. The van der Waals surface area contributed by atoms with Crippen LogP contribution < -0.4 is 0 Å². The van der Waals surface area contributed by atoms with E-state index in [1.165, 1.54) is 11.6 Å². The average Bonchev–Trinajstić information content (AvgIpc) is 2.80. The van der Waals surface area contributed by atoms with E-state index in [0.717, 1.165) is 30.4 Å². The third kappa shape index (κ3) is 4.90. The van der Waals surface area contributed by atoms with Crippen molar-refractivity contribution in [2.75, 3.05) is 0 Å². The van der Waals surface area contributed by atoms with E-state index in [0.29, 0.717) is 5.92 Å². The predicted molar refractivity (Wildman–Crippen MR) is 131 cm³/mol. The van der Waals surface area contributed by atoms with Gasteiger partial charge in [-0.05, 0) is 53.9 Å². The van der Waals surface area contributed by atoms with Gasteiger partial charge in [0.2, 0.25) is 0 Å². The van der Waals surface area contributed by atoms with Crippen LogP contribution in [-0.4, -0.2) is 22.9 Å². The zero-order chi connectivity index (χ0) is 23.6. The fourth-order valence-corrected chi connectivity index (χ4v) is 5.59. The van der Waals surface area contributed by atoms with Crippen molar-refractivity contribution in [3.8, 4) is 0 Å². The SMILES string of the molecule is Cc1ccccc1[C@H]1CC(=O)C=CN1C(=O)O[C@@H]1C[C@H](C)CC[C@H]1C(C)(C)c1ccccc1. The molecule has 0 N–H and O–H groups in total. The third-order valence-corrected chi connectivity index (χ3v) is 7.66. The highest BCUT2D eigenvalue weighted by Crippen LogP contribution is 2.44. The van der Waals surface area contributed by atoms with Crippen LogP contribution in [0.3, 0.4) is 0 Å². The Balaban J connectivity index is 1.60. The molecule has 4 nitrogen and oxygen atoms in total. The highest BCUT2D eigenvalue weighted by Gasteiger charge is 2.43. The first-order valence-corrected chi connectivity index (χ1v) is 12.1. The number of amides is 1. The van der Waals surface area contributed by atoms with Gasteiger partial charge >= 0.3 is 6.09 Å². The van der Waals surface area contributed by atoms with Crippen LogP contribution in [0, 0.1) is 18.8 Å². The van der Waals surface area contributed by atoms with Gasteiger partial charge in [0.15, 0.2) is 5.78 Å². The Bertz CT molecular complexity index is 1030. The zero-order valence-corrected chi connectivity index (χ0v) is 20.2. The number of hydrogen-bond acceptors (Lipinski definition) is 3.